The number of Topliss-reactive ketones (excluding diaryl/α,β-unsaturated/α-hetero) is 1. The largest absolute Gasteiger partial charge is 0.469 e. The Morgan fingerprint density at radius 3 is 2.21 bits per heavy atom. The SMILES string of the molecule is COC(=O)[C@@]12CCC3C(C(=O)C=C4[C@@]3(C)CC[C@H]3[C@](C)(C(=O)OC)C(=O)C(C#N)=C[C@]43C)C1CC(C)(C)CC2. The lowest BCUT2D eigenvalue weighted by Crippen LogP contribution is -2.63. The number of carbonyl (C=O) groups excluding carboxylic acids is 4. The van der Waals surface area contributed by atoms with E-state index in [9.17, 15) is 24.4 Å². The van der Waals surface area contributed by atoms with Crippen LogP contribution in [0.25, 0.3) is 0 Å². The van der Waals surface area contributed by atoms with E-state index in [0.29, 0.717) is 19.3 Å². The van der Waals surface area contributed by atoms with Gasteiger partial charge in [-0.1, -0.05) is 39.3 Å². The minimum Gasteiger partial charge on any atom is -0.469 e. The van der Waals surface area contributed by atoms with E-state index < -0.39 is 33.9 Å². The molecule has 7 nitrogen and oxygen atoms in total. The van der Waals surface area contributed by atoms with E-state index in [0.717, 1.165) is 31.3 Å². The van der Waals surface area contributed by atoms with Crippen molar-refractivity contribution in [1.82, 2.24) is 0 Å². The summed E-state index contributed by atoms with van der Waals surface area (Å²) >= 11 is 0. The van der Waals surface area contributed by atoms with Crippen LogP contribution < -0.4 is 0 Å². The van der Waals surface area contributed by atoms with Crippen molar-refractivity contribution in [2.75, 3.05) is 14.2 Å². The van der Waals surface area contributed by atoms with Crippen LogP contribution in [0.4, 0.5) is 0 Å². The van der Waals surface area contributed by atoms with Crippen LogP contribution in [-0.4, -0.2) is 37.7 Å². The predicted molar refractivity (Wildman–Crippen MR) is 143 cm³/mol. The Hall–Kier alpha value is -2.75. The molecule has 0 amide bonds. The van der Waals surface area contributed by atoms with Crippen molar-refractivity contribution >= 4 is 23.5 Å². The van der Waals surface area contributed by atoms with Crippen LogP contribution in [0.5, 0.6) is 0 Å². The molecule has 8 atom stereocenters. The predicted octanol–water partition coefficient (Wildman–Crippen LogP) is 5.14. The molecule has 0 aromatic heterocycles. The first-order chi connectivity index (χ1) is 18.2. The average molecular weight is 536 g/mol. The Morgan fingerprint density at radius 2 is 1.59 bits per heavy atom. The van der Waals surface area contributed by atoms with Gasteiger partial charge in [-0.3, -0.25) is 19.2 Å². The first kappa shape index (κ1) is 27.8. The molecule has 0 radical (unpaired) electrons. The van der Waals surface area contributed by atoms with E-state index in [4.69, 9.17) is 9.47 Å². The number of carbonyl (C=O) groups is 4. The van der Waals surface area contributed by atoms with Gasteiger partial charge in [0.2, 0.25) is 0 Å². The molecule has 0 saturated heterocycles. The quantitative estimate of drug-likeness (QED) is 0.355. The molecule has 5 rings (SSSR count). The lowest BCUT2D eigenvalue weighted by molar-refractivity contribution is -0.178. The summed E-state index contributed by atoms with van der Waals surface area (Å²) in [6.45, 7) is 10.2. The van der Waals surface area contributed by atoms with Crippen LogP contribution in [0, 0.1) is 62.1 Å². The smallest absolute Gasteiger partial charge is 0.319 e. The molecule has 39 heavy (non-hydrogen) atoms. The van der Waals surface area contributed by atoms with Crippen molar-refractivity contribution in [2.24, 2.45) is 50.7 Å². The first-order valence-corrected chi connectivity index (χ1v) is 14.3. The molecule has 7 heteroatoms. The van der Waals surface area contributed by atoms with Crippen molar-refractivity contribution in [1.29, 1.82) is 5.26 Å². The molecule has 0 aliphatic heterocycles. The van der Waals surface area contributed by atoms with Crippen molar-refractivity contribution in [3.05, 3.63) is 23.3 Å². The Bertz CT molecular complexity index is 1270. The number of nitriles is 1. The number of nitrogens with zero attached hydrogens (tertiary/aromatic N) is 1. The van der Waals surface area contributed by atoms with Crippen LogP contribution in [0.15, 0.2) is 23.3 Å². The van der Waals surface area contributed by atoms with Gasteiger partial charge < -0.3 is 9.47 Å². The van der Waals surface area contributed by atoms with Gasteiger partial charge in [0.25, 0.3) is 0 Å². The van der Waals surface area contributed by atoms with Gasteiger partial charge in [-0.25, -0.2) is 0 Å². The van der Waals surface area contributed by atoms with Gasteiger partial charge in [0.15, 0.2) is 11.6 Å². The highest BCUT2D eigenvalue weighted by molar-refractivity contribution is 6.15. The zero-order valence-corrected chi connectivity index (χ0v) is 24.3. The first-order valence-electron chi connectivity index (χ1n) is 14.3. The maximum absolute atomic E-state index is 14.3. The Kier molecular flexibility index (Phi) is 6.15. The zero-order valence-electron chi connectivity index (χ0n) is 24.3. The normalized spacial score (nSPS) is 44.3. The second kappa shape index (κ2) is 8.62. The molecular weight excluding hydrogens is 494 g/mol. The van der Waals surface area contributed by atoms with Crippen molar-refractivity contribution in [3.8, 4) is 6.07 Å². The van der Waals surface area contributed by atoms with E-state index in [1.54, 1.807) is 19.1 Å². The second-order valence-electron chi connectivity index (χ2n) is 14.2. The Morgan fingerprint density at radius 1 is 0.923 bits per heavy atom. The lowest BCUT2D eigenvalue weighted by atomic mass is 9.38. The van der Waals surface area contributed by atoms with E-state index in [1.165, 1.54) is 14.2 Å². The number of ether oxygens (including phenoxy) is 2. The Balaban J connectivity index is 1.67. The number of ketones is 2. The summed E-state index contributed by atoms with van der Waals surface area (Å²) in [5, 5.41) is 9.91. The number of fused-ring (bicyclic) bond motifs is 7. The Labute approximate surface area is 231 Å². The molecule has 0 N–H and O–H groups in total. The van der Waals surface area contributed by atoms with Gasteiger partial charge in [-0.2, -0.15) is 5.26 Å². The van der Waals surface area contributed by atoms with Crippen LogP contribution in [0.3, 0.4) is 0 Å². The highest BCUT2D eigenvalue weighted by Crippen LogP contribution is 2.70. The molecule has 5 aliphatic rings. The van der Waals surface area contributed by atoms with Gasteiger partial charge in [0, 0.05) is 11.3 Å². The third kappa shape index (κ3) is 3.45. The molecule has 3 saturated carbocycles. The van der Waals surface area contributed by atoms with Gasteiger partial charge >= 0.3 is 11.9 Å². The fourth-order valence-corrected chi connectivity index (χ4v) is 9.99. The van der Waals surface area contributed by atoms with Gasteiger partial charge in [0.05, 0.1) is 25.2 Å². The molecular formula is C32H41NO6. The molecule has 0 spiro atoms. The van der Waals surface area contributed by atoms with Crippen LogP contribution in [0.1, 0.15) is 79.6 Å². The van der Waals surface area contributed by atoms with Crippen LogP contribution in [0.2, 0.25) is 0 Å². The molecule has 3 unspecified atom stereocenters. The minimum atomic E-state index is -1.51. The molecule has 0 aromatic carbocycles. The maximum Gasteiger partial charge on any atom is 0.319 e. The highest BCUT2D eigenvalue weighted by Gasteiger charge is 2.69. The minimum absolute atomic E-state index is 0.0219. The summed E-state index contributed by atoms with van der Waals surface area (Å²) < 4.78 is 10.5. The summed E-state index contributed by atoms with van der Waals surface area (Å²) in [7, 11) is 2.72. The summed E-state index contributed by atoms with van der Waals surface area (Å²) in [4.78, 5) is 54.1. The second-order valence-corrected chi connectivity index (χ2v) is 14.2. The fourth-order valence-electron chi connectivity index (χ4n) is 9.99. The van der Waals surface area contributed by atoms with Crippen molar-refractivity contribution in [2.45, 2.75) is 79.6 Å². The highest BCUT2D eigenvalue weighted by atomic mass is 16.5. The molecule has 0 heterocycles. The summed E-state index contributed by atoms with van der Waals surface area (Å²) in [6, 6.07) is 2.03. The fraction of sp³-hybridized carbons (Fsp3) is 0.719. The van der Waals surface area contributed by atoms with Crippen LogP contribution in [-0.2, 0) is 28.7 Å². The molecule has 0 aromatic rings. The van der Waals surface area contributed by atoms with Gasteiger partial charge in [-0.05, 0) is 86.5 Å². The van der Waals surface area contributed by atoms with Crippen molar-refractivity contribution < 1.29 is 28.7 Å². The van der Waals surface area contributed by atoms with E-state index >= 15 is 0 Å². The van der Waals surface area contributed by atoms with E-state index in [1.807, 2.05) is 13.0 Å². The topological polar surface area (TPSA) is 111 Å². The summed E-state index contributed by atoms with van der Waals surface area (Å²) in [5.74, 6) is -2.11. The number of hydrogen-bond acceptors (Lipinski definition) is 7. The number of allylic oxidation sites excluding steroid dienone is 4. The monoisotopic (exact) mass is 535 g/mol. The third-order valence-corrected chi connectivity index (χ3v) is 12.0. The summed E-state index contributed by atoms with van der Waals surface area (Å²) in [5.41, 5.74) is -2.48. The van der Waals surface area contributed by atoms with Gasteiger partial charge in [0.1, 0.15) is 11.5 Å². The number of esters is 2. The molecule has 210 valence electrons. The zero-order chi connectivity index (χ0) is 28.8. The summed E-state index contributed by atoms with van der Waals surface area (Å²) in [6.07, 6.45) is 8.65. The number of rotatable bonds is 2. The average Bonchev–Trinajstić information content (AvgIpc) is 2.90. The van der Waals surface area contributed by atoms with Crippen LogP contribution >= 0.6 is 0 Å². The standard InChI is InChI=1S/C32H41NO6/c1-28(2)12-13-32(27(37)39-7)11-8-19-24(20(32)16-28)21(34)14-23-29(19,3)10-9-22-30(23,4)15-18(17-33)25(35)31(22,5)26(36)38-6/h14-15,19-20,22,24H,8-13,16H2,1-7H3/t19?,20?,22-,24?,29+,30+,31+,32-/m1/s1. The molecule has 3 fully saturated rings. The maximum atomic E-state index is 14.3. The number of hydrogen-bond donors (Lipinski definition) is 0. The van der Waals surface area contributed by atoms with E-state index in [-0.39, 0.29) is 45.9 Å². The number of methoxy groups -OCH3 is 2. The molecule has 5 aliphatic carbocycles. The van der Waals surface area contributed by atoms with E-state index in [2.05, 4.69) is 20.8 Å². The van der Waals surface area contributed by atoms with Crippen molar-refractivity contribution in [3.63, 3.8) is 0 Å². The lowest BCUT2D eigenvalue weighted by Gasteiger charge is -2.64. The third-order valence-electron chi connectivity index (χ3n) is 12.0. The van der Waals surface area contributed by atoms with Gasteiger partial charge in [-0.15, -0.1) is 0 Å². The molecule has 0 bridgehead atoms.